The van der Waals surface area contributed by atoms with Crippen LogP contribution < -0.4 is 10.5 Å². The molecule has 0 unspecified atom stereocenters. The number of anilines is 1. The summed E-state index contributed by atoms with van der Waals surface area (Å²) >= 11 is 6.03. The van der Waals surface area contributed by atoms with E-state index in [-0.39, 0.29) is 17.0 Å². The molecule has 0 aliphatic carbocycles. The van der Waals surface area contributed by atoms with Crippen molar-refractivity contribution < 1.29 is 4.79 Å². The van der Waals surface area contributed by atoms with Crippen molar-refractivity contribution >= 4 is 23.2 Å². The second kappa shape index (κ2) is 6.46. The number of nitrogens with zero attached hydrogens (tertiary/aromatic N) is 3. The van der Waals surface area contributed by atoms with Crippen LogP contribution in [0.25, 0.3) is 0 Å². The maximum atomic E-state index is 12.5. The maximum absolute atomic E-state index is 12.5. The Labute approximate surface area is 139 Å². The SMILES string of the molecule is Cn1cccc(C(=O)N2CCN(c3cccc(Cl)c3)CC2)c1=O. The molecule has 1 amide bonds. The van der Waals surface area contributed by atoms with E-state index < -0.39 is 0 Å². The summed E-state index contributed by atoms with van der Waals surface area (Å²) in [6, 6.07) is 11.0. The molecule has 0 bridgehead atoms. The summed E-state index contributed by atoms with van der Waals surface area (Å²) in [5, 5.41) is 0.703. The first-order chi connectivity index (χ1) is 11.1. The molecular weight excluding hydrogens is 314 g/mol. The van der Waals surface area contributed by atoms with Crippen LogP contribution >= 0.6 is 11.6 Å². The topological polar surface area (TPSA) is 45.6 Å². The van der Waals surface area contributed by atoms with E-state index in [0.717, 1.165) is 18.8 Å². The highest BCUT2D eigenvalue weighted by Gasteiger charge is 2.24. The van der Waals surface area contributed by atoms with Gasteiger partial charge in [-0.25, -0.2) is 0 Å². The molecular formula is C17H18ClN3O2. The fourth-order valence-corrected chi connectivity index (χ4v) is 2.96. The summed E-state index contributed by atoms with van der Waals surface area (Å²) in [5.41, 5.74) is 1.03. The number of piperazine rings is 1. The third-order valence-corrected chi connectivity index (χ3v) is 4.33. The molecule has 1 fully saturated rings. The van der Waals surface area contributed by atoms with E-state index in [0.29, 0.717) is 18.1 Å². The smallest absolute Gasteiger partial charge is 0.263 e. The van der Waals surface area contributed by atoms with Crippen molar-refractivity contribution in [2.45, 2.75) is 0 Å². The molecule has 0 N–H and O–H groups in total. The summed E-state index contributed by atoms with van der Waals surface area (Å²) in [5.74, 6) is -0.197. The minimum atomic E-state index is -0.255. The largest absolute Gasteiger partial charge is 0.368 e. The fourth-order valence-electron chi connectivity index (χ4n) is 2.77. The van der Waals surface area contributed by atoms with E-state index >= 15 is 0 Å². The van der Waals surface area contributed by atoms with Crippen LogP contribution in [0.3, 0.4) is 0 Å². The molecule has 2 heterocycles. The molecule has 1 aromatic heterocycles. The number of rotatable bonds is 2. The van der Waals surface area contributed by atoms with Crippen LogP contribution in [0.4, 0.5) is 5.69 Å². The fraction of sp³-hybridized carbons (Fsp3) is 0.294. The molecule has 2 aromatic rings. The zero-order chi connectivity index (χ0) is 16.4. The number of carbonyl (C=O) groups excluding carboxylic acids is 1. The van der Waals surface area contributed by atoms with Crippen molar-refractivity contribution in [1.29, 1.82) is 0 Å². The van der Waals surface area contributed by atoms with E-state index in [1.54, 1.807) is 30.3 Å². The van der Waals surface area contributed by atoms with E-state index in [1.165, 1.54) is 4.57 Å². The van der Waals surface area contributed by atoms with Gasteiger partial charge in [0, 0.05) is 50.1 Å². The molecule has 0 atom stereocenters. The standard InChI is InChI=1S/C17H18ClN3O2/c1-19-7-3-6-15(16(19)22)17(23)21-10-8-20(9-11-21)14-5-2-4-13(18)12-14/h2-7,12H,8-11H2,1H3. The molecule has 0 saturated carbocycles. The zero-order valence-corrected chi connectivity index (χ0v) is 13.7. The van der Waals surface area contributed by atoms with Gasteiger partial charge in [-0.1, -0.05) is 17.7 Å². The summed E-state index contributed by atoms with van der Waals surface area (Å²) in [6.45, 7) is 2.62. The Morgan fingerprint density at radius 1 is 1.09 bits per heavy atom. The molecule has 3 rings (SSSR count). The Morgan fingerprint density at radius 2 is 1.83 bits per heavy atom. The second-order valence-electron chi connectivity index (χ2n) is 5.60. The second-order valence-corrected chi connectivity index (χ2v) is 6.03. The minimum absolute atomic E-state index is 0.197. The summed E-state index contributed by atoms with van der Waals surface area (Å²) in [6.07, 6.45) is 1.65. The van der Waals surface area contributed by atoms with Gasteiger partial charge in [0.25, 0.3) is 11.5 Å². The number of aromatic nitrogens is 1. The summed E-state index contributed by atoms with van der Waals surface area (Å²) in [4.78, 5) is 28.5. The van der Waals surface area contributed by atoms with Gasteiger partial charge < -0.3 is 14.4 Å². The van der Waals surface area contributed by atoms with Crippen molar-refractivity contribution in [1.82, 2.24) is 9.47 Å². The Hall–Kier alpha value is -2.27. The predicted molar refractivity (Wildman–Crippen MR) is 91.3 cm³/mol. The average Bonchev–Trinajstić information content (AvgIpc) is 2.57. The van der Waals surface area contributed by atoms with Gasteiger partial charge in [0.15, 0.2) is 0 Å². The molecule has 5 nitrogen and oxygen atoms in total. The number of amides is 1. The van der Waals surface area contributed by atoms with Crippen LogP contribution in [-0.4, -0.2) is 41.6 Å². The van der Waals surface area contributed by atoms with E-state index in [1.807, 2.05) is 24.3 Å². The van der Waals surface area contributed by atoms with Crippen molar-refractivity contribution in [3.63, 3.8) is 0 Å². The van der Waals surface area contributed by atoms with Crippen LogP contribution in [0, 0.1) is 0 Å². The number of hydrogen-bond acceptors (Lipinski definition) is 3. The van der Waals surface area contributed by atoms with Gasteiger partial charge in [-0.15, -0.1) is 0 Å². The Bertz CT molecular complexity index is 779. The van der Waals surface area contributed by atoms with Gasteiger partial charge in [0.1, 0.15) is 5.56 Å². The van der Waals surface area contributed by atoms with E-state index in [9.17, 15) is 9.59 Å². The molecule has 0 spiro atoms. The number of benzene rings is 1. The predicted octanol–water partition coefficient (Wildman–Crippen LogP) is 2.00. The number of halogens is 1. The van der Waals surface area contributed by atoms with Crippen molar-refractivity contribution in [3.8, 4) is 0 Å². The van der Waals surface area contributed by atoms with E-state index in [2.05, 4.69) is 4.90 Å². The van der Waals surface area contributed by atoms with Gasteiger partial charge in [0.2, 0.25) is 0 Å². The first kappa shape index (κ1) is 15.6. The molecule has 1 aliphatic rings. The van der Waals surface area contributed by atoms with Gasteiger partial charge >= 0.3 is 0 Å². The molecule has 1 saturated heterocycles. The molecule has 120 valence electrons. The Kier molecular flexibility index (Phi) is 4.39. The highest BCUT2D eigenvalue weighted by molar-refractivity contribution is 6.30. The van der Waals surface area contributed by atoms with Crippen LogP contribution in [0.5, 0.6) is 0 Å². The summed E-state index contributed by atoms with van der Waals surface area (Å²) < 4.78 is 1.43. The van der Waals surface area contributed by atoms with Crippen LogP contribution in [0.2, 0.25) is 5.02 Å². The van der Waals surface area contributed by atoms with E-state index in [4.69, 9.17) is 11.6 Å². The third-order valence-electron chi connectivity index (χ3n) is 4.09. The van der Waals surface area contributed by atoms with Gasteiger partial charge in [-0.2, -0.15) is 0 Å². The Balaban J connectivity index is 1.70. The first-order valence-electron chi connectivity index (χ1n) is 7.52. The molecule has 0 radical (unpaired) electrons. The van der Waals surface area contributed by atoms with Crippen LogP contribution in [0.1, 0.15) is 10.4 Å². The van der Waals surface area contributed by atoms with Crippen molar-refractivity contribution in [3.05, 3.63) is 63.5 Å². The van der Waals surface area contributed by atoms with Gasteiger partial charge in [-0.05, 0) is 30.3 Å². The van der Waals surface area contributed by atoms with Crippen molar-refractivity contribution in [2.75, 3.05) is 31.1 Å². The van der Waals surface area contributed by atoms with Crippen LogP contribution in [-0.2, 0) is 7.05 Å². The average molecular weight is 332 g/mol. The highest BCUT2D eigenvalue weighted by Crippen LogP contribution is 2.21. The van der Waals surface area contributed by atoms with Crippen molar-refractivity contribution in [2.24, 2.45) is 7.05 Å². The monoisotopic (exact) mass is 331 g/mol. The molecule has 23 heavy (non-hydrogen) atoms. The normalized spacial score (nSPS) is 14.9. The highest BCUT2D eigenvalue weighted by atomic mass is 35.5. The number of aryl methyl sites for hydroxylation is 1. The molecule has 1 aromatic carbocycles. The lowest BCUT2D eigenvalue weighted by Crippen LogP contribution is -2.49. The number of hydrogen-bond donors (Lipinski definition) is 0. The zero-order valence-electron chi connectivity index (χ0n) is 12.9. The lowest BCUT2D eigenvalue weighted by atomic mass is 10.2. The first-order valence-corrected chi connectivity index (χ1v) is 7.89. The lowest BCUT2D eigenvalue weighted by Gasteiger charge is -2.36. The number of carbonyl (C=O) groups is 1. The third kappa shape index (κ3) is 3.24. The molecule has 6 heteroatoms. The van der Waals surface area contributed by atoms with Crippen LogP contribution in [0.15, 0.2) is 47.4 Å². The van der Waals surface area contributed by atoms with Gasteiger partial charge in [-0.3, -0.25) is 9.59 Å². The minimum Gasteiger partial charge on any atom is -0.368 e. The Morgan fingerprint density at radius 3 is 2.52 bits per heavy atom. The van der Waals surface area contributed by atoms with Gasteiger partial charge in [0.05, 0.1) is 0 Å². The summed E-state index contributed by atoms with van der Waals surface area (Å²) in [7, 11) is 1.65. The maximum Gasteiger partial charge on any atom is 0.263 e. The lowest BCUT2D eigenvalue weighted by molar-refractivity contribution is 0.0744. The molecule has 1 aliphatic heterocycles. The quantitative estimate of drug-likeness (QED) is 0.845. The number of pyridine rings is 1.